The van der Waals surface area contributed by atoms with Crippen LogP contribution in [0.3, 0.4) is 0 Å². The SMILES string of the molecule is CN1C(=O)c2cc(NC(=O)C3CCCCC3)ccc2OC[C@H]2O[C@@H](CC(=O)NCC3CCCCC3)CC[C@@H]21. The molecule has 5 rings (SSSR count). The molecule has 2 aliphatic carbocycles. The molecule has 0 radical (unpaired) electrons. The van der Waals surface area contributed by atoms with Gasteiger partial charge in [-0.25, -0.2) is 0 Å². The van der Waals surface area contributed by atoms with Crippen LogP contribution in [0.1, 0.15) is 93.8 Å². The Morgan fingerprint density at radius 3 is 2.47 bits per heavy atom. The Morgan fingerprint density at radius 1 is 0.974 bits per heavy atom. The van der Waals surface area contributed by atoms with Crippen LogP contribution in [-0.4, -0.2) is 61.1 Å². The highest BCUT2D eigenvalue weighted by atomic mass is 16.5. The lowest BCUT2D eigenvalue weighted by Crippen LogP contribution is -2.54. The van der Waals surface area contributed by atoms with E-state index in [1.165, 1.54) is 38.5 Å². The molecule has 0 aromatic heterocycles. The van der Waals surface area contributed by atoms with E-state index >= 15 is 0 Å². The van der Waals surface area contributed by atoms with Crippen LogP contribution in [0, 0.1) is 11.8 Å². The molecule has 8 nitrogen and oxygen atoms in total. The van der Waals surface area contributed by atoms with Gasteiger partial charge in [0, 0.05) is 25.2 Å². The van der Waals surface area contributed by atoms with Gasteiger partial charge in [-0.1, -0.05) is 38.5 Å². The van der Waals surface area contributed by atoms with Gasteiger partial charge in [-0.3, -0.25) is 14.4 Å². The number of likely N-dealkylation sites (N-methyl/N-ethyl adjacent to an activating group) is 1. The number of nitrogens with one attached hydrogen (secondary N) is 2. The molecule has 3 amide bonds. The number of amides is 3. The number of benzene rings is 1. The second kappa shape index (κ2) is 12.5. The largest absolute Gasteiger partial charge is 0.490 e. The van der Waals surface area contributed by atoms with Crippen molar-refractivity contribution in [3.05, 3.63) is 23.8 Å². The summed E-state index contributed by atoms with van der Waals surface area (Å²) >= 11 is 0. The molecular formula is C30H43N3O5. The van der Waals surface area contributed by atoms with Gasteiger partial charge in [-0.2, -0.15) is 0 Å². The van der Waals surface area contributed by atoms with Gasteiger partial charge in [-0.15, -0.1) is 0 Å². The molecule has 0 spiro atoms. The van der Waals surface area contributed by atoms with Crippen LogP contribution in [-0.2, 0) is 14.3 Å². The molecule has 208 valence electrons. The number of rotatable bonds is 6. The van der Waals surface area contributed by atoms with E-state index in [1.807, 2.05) is 7.05 Å². The summed E-state index contributed by atoms with van der Waals surface area (Å²) in [7, 11) is 1.81. The highest BCUT2D eigenvalue weighted by molar-refractivity contribution is 6.00. The molecule has 38 heavy (non-hydrogen) atoms. The van der Waals surface area contributed by atoms with Gasteiger partial charge >= 0.3 is 0 Å². The fourth-order valence-electron chi connectivity index (χ4n) is 6.64. The summed E-state index contributed by atoms with van der Waals surface area (Å²) in [4.78, 5) is 40.6. The Labute approximate surface area is 226 Å². The quantitative estimate of drug-likeness (QED) is 0.563. The standard InChI is InChI=1S/C30H43N3O5/c1-33-25-14-13-23(17-28(34)31-18-20-8-4-2-5-9-20)38-27(25)19-37-26-15-12-22(16-24(26)30(33)36)32-29(35)21-10-6-3-7-11-21/h12,15-16,20-21,23,25,27H,2-11,13-14,17-19H2,1H3,(H,31,34)(H,32,35)/t23-,25+,27-/m1/s1. The zero-order valence-electron chi connectivity index (χ0n) is 22.7. The summed E-state index contributed by atoms with van der Waals surface area (Å²) in [5, 5.41) is 6.13. The van der Waals surface area contributed by atoms with Crippen LogP contribution in [0.25, 0.3) is 0 Å². The van der Waals surface area contributed by atoms with Crippen LogP contribution in [0.4, 0.5) is 5.69 Å². The fourth-order valence-corrected chi connectivity index (χ4v) is 6.64. The maximum absolute atomic E-state index is 13.5. The first kappa shape index (κ1) is 27.0. The average Bonchev–Trinajstić information content (AvgIpc) is 2.95. The van der Waals surface area contributed by atoms with E-state index in [2.05, 4.69) is 10.6 Å². The third-order valence-electron chi connectivity index (χ3n) is 8.98. The lowest BCUT2D eigenvalue weighted by molar-refractivity contribution is -0.134. The smallest absolute Gasteiger partial charge is 0.257 e. The van der Waals surface area contributed by atoms with Crippen LogP contribution >= 0.6 is 0 Å². The number of fused-ring (bicyclic) bond motifs is 2. The first-order valence-corrected chi connectivity index (χ1v) is 14.7. The number of anilines is 1. The highest BCUT2D eigenvalue weighted by Crippen LogP contribution is 2.33. The molecule has 2 saturated carbocycles. The van der Waals surface area contributed by atoms with Crippen molar-refractivity contribution in [1.82, 2.24) is 10.2 Å². The molecule has 2 heterocycles. The van der Waals surface area contributed by atoms with Gasteiger partial charge in [0.05, 0.1) is 24.1 Å². The number of hydrogen-bond donors (Lipinski definition) is 2. The minimum Gasteiger partial charge on any atom is -0.490 e. The normalized spacial score (nSPS) is 26.8. The number of carbonyl (C=O) groups is 3. The maximum atomic E-state index is 13.5. The molecule has 1 saturated heterocycles. The van der Waals surface area contributed by atoms with Crippen molar-refractivity contribution in [1.29, 1.82) is 0 Å². The molecule has 0 unspecified atom stereocenters. The van der Waals surface area contributed by atoms with Crippen molar-refractivity contribution in [2.24, 2.45) is 11.8 Å². The van der Waals surface area contributed by atoms with Crippen LogP contribution in [0.15, 0.2) is 18.2 Å². The van der Waals surface area contributed by atoms with E-state index in [-0.39, 0.29) is 41.9 Å². The van der Waals surface area contributed by atoms with Crippen LogP contribution in [0.2, 0.25) is 0 Å². The molecule has 0 bridgehead atoms. The minimum absolute atomic E-state index is 0.0341. The van der Waals surface area contributed by atoms with Crippen molar-refractivity contribution in [2.75, 3.05) is 25.5 Å². The van der Waals surface area contributed by atoms with Gasteiger partial charge in [0.1, 0.15) is 18.5 Å². The first-order chi connectivity index (χ1) is 18.5. The Kier molecular flexibility index (Phi) is 8.87. The number of ether oxygens (including phenoxy) is 2. The van der Waals surface area contributed by atoms with E-state index in [9.17, 15) is 14.4 Å². The molecule has 1 aromatic carbocycles. The zero-order valence-corrected chi connectivity index (χ0v) is 22.7. The Hall–Kier alpha value is -2.61. The molecule has 4 aliphatic rings. The van der Waals surface area contributed by atoms with E-state index < -0.39 is 0 Å². The summed E-state index contributed by atoms with van der Waals surface area (Å²) in [6.45, 7) is 1.07. The fraction of sp³-hybridized carbons (Fsp3) is 0.700. The van der Waals surface area contributed by atoms with E-state index in [1.54, 1.807) is 23.1 Å². The van der Waals surface area contributed by atoms with E-state index in [4.69, 9.17) is 9.47 Å². The lowest BCUT2D eigenvalue weighted by atomic mass is 9.88. The van der Waals surface area contributed by atoms with E-state index in [0.29, 0.717) is 35.9 Å². The van der Waals surface area contributed by atoms with Gasteiger partial charge in [0.2, 0.25) is 11.8 Å². The van der Waals surface area contributed by atoms with Gasteiger partial charge in [0.25, 0.3) is 5.91 Å². The molecule has 2 N–H and O–H groups in total. The average molecular weight is 526 g/mol. The Bertz CT molecular complexity index is 1000. The lowest BCUT2D eigenvalue weighted by Gasteiger charge is -2.42. The van der Waals surface area contributed by atoms with E-state index in [0.717, 1.165) is 45.1 Å². The summed E-state index contributed by atoms with van der Waals surface area (Å²) in [6.07, 6.45) is 12.8. The summed E-state index contributed by atoms with van der Waals surface area (Å²) in [5.41, 5.74) is 1.08. The predicted octanol–water partition coefficient (Wildman–Crippen LogP) is 4.67. The number of carbonyl (C=O) groups excluding carboxylic acids is 3. The van der Waals surface area contributed by atoms with Gasteiger partial charge in [-0.05, 0) is 62.6 Å². The second-order valence-corrected chi connectivity index (χ2v) is 11.7. The van der Waals surface area contributed by atoms with Gasteiger partial charge in [0.15, 0.2) is 0 Å². The Morgan fingerprint density at radius 2 is 1.71 bits per heavy atom. The first-order valence-electron chi connectivity index (χ1n) is 14.7. The van der Waals surface area contributed by atoms with Crippen LogP contribution < -0.4 is 15.4 Å². The molecule has 8 heteroatoms. The number of hydrogen-bond acceptors (Lipinski definition) is 5. The summed E-state index contributed by atoms with van der Waals surface area (Å²) in [6, 6.07) is 5.17. The third-order valence-corrected chi connectivity index (χ3v) is 8.98. The maximum Gasteiger partial charge on any atom is 0.257 e. The second-order valence-electron chi connectivity index (χ2n) is 11.7. The van der Waals surface area contributed by atoms with Crippen molar-refractivity contribution in [3.8, 4) is 5.75 Å². The van der Waals surface area contributed by atoms with Crippen molar-refractivity contribution >= 4 is 23.4 Å². The predicted molar refractivity (Wildman–Crippen MR) is 145 cm³/mol. The summed E-state index contributed by atoms with van der Waals surface area (Å²) in [5.74, 6) is 1.07. The van der Waals surface area contributed by atoms with Crippen LogP contribution in [0.5, 0.6) is 5.75 Å². The Balaban J connectivity index is 1.18. The van der Waals surface area contributed by atoms with Gasteiger partial charge < -0.3 is 25.0 Å². The topological polar surface area (TPSA) is 97.0 Å². The molecule has 2 aliphatic heterocycles. The third kappa shape index (κ3) is 6.50. The summed E-state index contributed by atoms with van der Waals surface area (Å²) < 4.78 is 12.4. The van der Waals surface area contributed by atoms with Crippen molar-refractivity contribution < 1.29 is 23.9 Å². The van der Waals surface area contributed by atoms with Crippen molar-refractivity contribution in [3.63, 3.8) is 0 Å². The molecule has 1 aromatic rings. The monoisotopic (exact) mass is 525 g/mol. The highest BCUT2D eigenvalue weighted by Gasteiger charge is 2.39. The molecule has 3 atom stereocenters. The van der Waals surface area contributed by atoms with Crippen molar-refractivity contribution in [2.45, 2.75) is 102 Å². The molecule has 3 fully saturated rings. The number of nitrogens with zero attached hydrogens (tertiary/aromatic N) is 1. The molecular weight excluding hydrogens is 482 g/mol. The minimum atomic E-state index is -0.298. The zero-order chi connectivity index (χ0) is 26.5.